The Kier molecular flexibility index (Phi) is 3.81. The second kappa shape index (κ2) is 6.11. The van der Waals surface area contributed by atoms with Gasteiger partial charge < -0.3 is 14.6 Å². The second-order valence-electron chi connectivity index (χ2n) is 7.14. The van der Waals surface area contributed by atoms with E-state index in [2.05, 4.69) is 4.98 Å². The number of halogens is 2. The van der Waals surface area contributed by atoms with E-state index in [1.165, 1.54) is 0 Å². The summed E-state index contributed by atoms with van der Waals surface area (Å²) in [5.41, 5.74) is 1.41. The average Bonchev–Trinajstić information content (AvgIpc) is 3.40. The van der Waals surface area contributed by atoms with E-state index in [1.54, 1.807) is 18.6 Å². The molecule has 2 bridgehead atoms. The number of nitrogens with zero attached hydrogens (tertiary/aromatic N) is 4. The van der Waals surface area contributed by atoms with Crippen LogP contribution in [0.2, 0.25) is 10.0 Å². The molecule has 5 rings (SSSR count). The van der Waals surface area contributed by atoms with Gasteiger partial charge in [0, 0.05) is 29.9 Å². The third-order valence-corrected chi connectivity index (χ3v) is 6.52. The maximum absolute atomic E-state index is 11.9. The van der Waals surface area contributed by atoms with Crippen LogP contribution < -0.4 is 4.90 Å². The van der Waals surface area contributed by atoms with Crippen LogP contribution in [0.25, 0.3) is 16.6 Å². The topological polar surface area (TPSA) is 71.2 Å². The van der Waals surface area contributed by atoms with E-state index < -0.39 is 12.0 Å². The zero-order valence-electron chi connectivity index (χ0n) is 14.2. The number of imidazole rings is 1. The van der Waals surface area contributed by atoms with Gasteiger partial charge in [0.25, 0.3) is 0 Å². The molecule has 138 valence electrons. The number of hydrogen-bond donors (Lipinski definition) is 1. The van der Waals surface area contributed by atoms with Gasteiger partial charge in [0.15, 0.2) is 0 Å². The van der Waals surface area contributed by atoms with Crippen molar-refractivity contribution >= 4 is 45.9 Å². The first-order valence-corrected chi connectivity index (χ1v) is 9.58. The van der Waals surface area contributed by atoms with Gasteiger partial charge in [-0.25, -0.2) is 14.8 Å². The summed E-state index contributed by atoms with van der Waals surface area (Å²) in [6.07, 6.45) is 8.06. The van der Waals surface area contributed by atoms with Crippen LogP contribution in [0, 0.1) is 5.92 Å². The van der Waals surface area contributed by atoms with Crippen molar-refractivity contribution in [1.29, 1.82) is 0 Å². The zero-order chi connectivity index (χ0) is 18.7. The molecule has 3 atom stereocenters. The van der Waals surface area contributed by atoms with Crippen LogP contribution in [0.5, 0.6) is 0 Å². The normalized spacial score (nSPS) is 24.1. The molecule has 1 saturated heterocycles. The van der Waals surface area contributed by atoms with Gasteiger partial charge in [-0.1, -0.05) is 23.2 Å². The molecule has 2 unspecified atom stereocenters. The molecule has 1 aliphatic carbocycles. The molecule has 1 aromatic carbocycles. The minimum Gasteiger partial charge on any atom is -0.480 e. The number of aliphatic carboxylic acids is 1. The molecular formula is C19H16Cl2N4O2. The Morgan fingerprint density at radius 3 is 2.85 bits per heavy atom. The first kappa shape index (κ1) is 16.8. The molecule has 2 aliphatic rings. The van der Waals surface area contributed by atoms with Crippen LogP contribution in [0.4, 0.5) is 5.82 Å². The smallest absolute Gasteiger partial charge is 0.326 e. The predicted octanol–water partition coefficient (Wildman–Crippen LogP) is 4.17. The van der Waals surface area contributed by atoms with Crippen molar-refractivity contribution in [3.63, 3.8) is 0 Å². The number of carbonyl (C=O) groups is 1. The highest BCUT2D eigenvalue weighted by Crippen LogP contribution is 2.45. The molecule has 0 radical (unpaired) electrons. The maximum Gasteiger partial charge on any atom is 0.326 e. The van der Waals surface area contributed by atoms with E-state index in [0.29, 0.717) is 21.4 Å². The molecule has 1 saturated carbocycles. The molecule has 0 spiro atoms. The number of hydrogen-bond acceptors (Lipinski definition) is 4. The highest BCUT2D eigenvalue weighted by Gasteiger charge is 2.50. The average molecular weight is 403 g/mol. The number of carboxylic acid groups (broad SMARTS) is 1. The van der Waals surface area contributed by atoms with Crippen LogP contribution in [-0.2, 0) is 4.79 Å². The zero-order valence-corrected chi connectivity index (χ0v) is 15.7. The van der Waals surface area contributed by atoms with Crippen LogP contribution in [-0.4, -0.2) is 37.7 Å². The minimum atomic E-state index is -0.800. The van der Waals surface area contributed by atoms with Crippen molar-refractivity contribution in [3.8, 4) is 5.69 Å². The minimum absolute atomic E-state index is 0.163. The number of fused-ring (bicyclic) bond motifs is 3. The van der Waals surface area contributed by atoms with Gasteiger partial charge >= 0.3 is 5.97 Å². The van der Waals surface area contributed by atoms with Crippen molar-refractivity contribution in [2.45, 2.75) is 31.3 Å². The summed E-state index contributed by atoms with van der Waals surface area (Å²) in [5, 5.41) is 11.4. The van der Waals surface area contributed by atoms with Gasteiger partial charge in [-0.2, -0.15) is 0 Å². The van der Waals surface area contributed by atoms with Crippen molar-refractivity contribution in [3.05, 3.63) is 47.0 Å². The van der Waals surface area contributed by atoms with Crippen LogP contribution in [0.15, 0.2) is 36.9 Å². The van der Waals surface area contributed by atoms with Gasteiger partial charge in [0.2, 0.25) is 0 Å². The van der Waals surface area contributed by atoms with Crippen LogP contribution in [0.1, 0.15) is 19.3 Å². The van der Waals surface area contributed by atoms with Gasteiger partial charge in [0.05, 0.1) is 27.6 Å². The quantitative estimate of drug-likeness (QED) is 0.711. The molecule has 8 heteroatoms. The Balaban J connectivity index is 1.76. The molecular weight excluding hydrogens is 387 g/mol. The molecule has 1 aliphatic heterocycles. The second-order valence-corrected chi connectivity index (χ2v) is 7.93. The number of anilines is 1. The molecule has 3 heterocycles. The number of pyridine rings is 1. The molecule has 3 aromatic rings. The van der Waals surface area contributed by atoms with E-state index >= 15 is 0 Å². The maximum atomic E-state index is 11.9. The summed E-state index contributed by atoms with van der Waals surface area (Å²) in [5.74, 6) is -0.0167. The largest absolute Gasteiger partial charge is 0.480 e. The molecule has 2 fully saturated rings. The lowest BCUT2D eigenvalue weighted by Gasteiger charge is -2.34. The lowest BCUT2D eigenvalue weighted by Crippen LogP contribution is -2.46. The number of rotatable bonds is 3. The summed E-state index contributed by atoms with van der Waals surface area (Å²) in [4.78, 5) is 22.8. The Morgan fingerprint density at radius 1 is 1.26 bits per heavy atom. The van der Waals surface area contributed by atoms with Crippen molar-refractivity contribution in [2.24, 2.45) is 5.92 Å². The Bertz CT molecular complexity index is 1050. The summed E-state index contributed by atoms with van der Waals surface area (Å²) >= 11 is 12.7. The Labute approximate surface area is 165 Å². The first-order valence-electron chi connectivity index (χ1n) is 8.83. The van der Waals surface area contributed by atoms with E-state index in [1.807, 2.05) is 27.8 Å². The first-order chi connectivity index (χ1) is 13.0. The summed E-state index contributed by atoms with van der Waals surface area (Å²) in [7, 11) is 0. The van der Waals surface area contributed by atoms with Crippen molar-refractivity contribution in [2.75, 3.05) is 4.90 Å². The highest BCUT2D eigenvalue weighted by molar-refractivity contribution is 6.45. The highest BCUT2D eigenvalue weighted by atomic mass is 35.5. The van der Waals surface area contributed by atoms with E-state index in [9.17, 15) is 9.90 Å². The number of carboxylic acids is 1. The van der Waals surface area contributed by atoms with Crippen LogP contribution >= 0.6 is 23.2 Å². The lowest BCUT2D eigenvalue weighted by molar-refractivity contribution is -0.139. The van der Waals surface area contributed by atoms with E-state index in [0.717, 1.165) is 30.3 Å². The fraction of sp³-hybridized carbons (Fsp3) is 0.316. The van der Waals surface area contributed by atoms with Crippen molar-refractivity contribution in [1.82, 2.24) is 14.5 Å². The third kappa shape index (κ3) is 2.51. The van der Waals surface area contributed by atoms with Crippen molar-refractivity contribution < 1.29 is 9.90 Å². The SMILES string of the molecule is O=C(O)[C@@H]1C2CCC(C2)N1c1cc(-n2ccnc2)c2ccc(Cl)c(Cl)c2n1. The van der Waals surface area contributed by atoms with Gasteiger partial charge in [-0.05, 0) is 37.3 Å². The Morgan fingerprint density at radius 2 is 2.11 bits per heavy atom. The summed E-state index contributed by atoms with van der Waals surface area (Å²) < 4.78 is 1.88. The standard InChI is InChI=1S/C19H16Cl2N4O2/c20-13-4-3-12-14(24-6-5-22-9-24)8-15(23-17(12)16(13)21)25-11-2-1-10(7-11)18(25)19(26)27/h3-6,8-11,18H,1-2,7H2,(H,26,27)/t10?,11?,18-/m0/s1. The van der Waals surface area contributed by atoms with Crippen LogP contribution in [0.3, 0.4) is 0 Å². The van der Waals surface area contributed by atoms with Gasteiger partial charge in [-0.3, -0.25) is 0 Å². The number of aromatic nitrogens is 3. The summed E-state index contributed by atoms with van der Waals surface area (Å²) in [6.45, 7) is 0. The number of benzene rings is 1. The number of piperidine rings is 1. The fourth-order valence-electron chi connectivity index (χ4n) is 4.59. The fourth-order valence-corrected chi connectivity index (χ4v) is 4.95. The third-order valence-electron chi connectivity index (χ3n) is 5.72. The van der Waals surface area contributed by atoms with E-state index in [-0.39, 0.29) is 12.0 Å². The molecule has 0 amide bonds. The molecule has 6 nitrogen and oxygen atoms in total. The predicted molar refractivity (Wildman–Crippen MR) is 104 cm³/mol. The summed E-state index contributed by atoms with van der Waals surface area (Å²) in [6, 6.07) is 5.17. The van der Waals surface area contributed by atoms with Gasteiger partial charge in [-0.15, -0.1) is 0 Å². The molecule has 1 N–H and O–H groups in total. The monoisotopic (exact) mass is 402 g/mol. The molecule has 2 aromatic heterocycles. The molecule has 27 heavy (non-hydrogen) atoms. The Hall–Kier alpha value is -2.31. The lowest BCUT2D eigenvalue weighted by atomic mass is 9.98. The van der Waals surface area contributed by atoms with E-state index in [4.69, 9.17) is 28.2 Å². The van der Waals surface area contributed by atoms with Gasteiger partial charge in [0.1, 0.15) is 11.9 Å².